The Balaban J connectivity index is 4.06. The average molecular weight is 599 g/mol. The highest BCUT2D eigenvalue weighted by atomic mass is 16.7. The van der Waals surface area contributed by atoms with E-state index in [9.17, 15) is 9.59 Å². The molecular weight excluding hydrogens is 528 g/mol. The van der Waals surface area contributed by atoms with E-state index in [-0.39, 0.29) is 25.0 Å². The molecule has 250 valence electrons. The normalized spacial score (nSPS) is 12.1. The van der Waals surface area contributed by atoms with E-state index in [1.54, 1.807) is 0 Å². The minimum Gasteiger partial charge on any atom is -0.433 e. The molecule has 0 N–H and O–H groups in total. The Morgan fingerprint density at radius 2 is 0.905 bits per heavy atom. The zero-order valence-electron chi connectivity index (χ0n) is 28.2. The van der Waals surface area contributed by atoms with Crippen LogP contribution in [0.5, 0.6) is 0 Å². The molecule has 0 aromatic heterocycles. The summed E-state index contributed by atoms with van der Waals surface area (Å²) in [5, 5.41) is 0. The molecule has 42 heavy (non-hydrogen) atoms. The molecule has 0 aromatic carbocycles. The Kier molecular flexibility index (Phi) is 33.7. The smallest absolute Gasteiger partial charge is 0.308 e. The van der Waals surface area contributed by atoms with E-state index in [1.807, 2.05) is 0 Å². The molecule has 6 nitrogen and oxygen atoms in total. The van der Waals surface area contributed by atoms with Gasteiger partial charge < -0.3 is 18.9 Å². The second-order valence-corrected chi connectivity index (χ2v) is 12.0. The van der Waals surface area contributed by atoms with E-state index in [4.69, 9.17) is 18.9 Å². The molecule has 0 aliphatic rings. The second kappa shape index (κ2) is 34.5. The lowest BCUT2D eigenvalue weighted by atomic mass is 10.0. The van der Waals surface area contributed by atoms with Gasteiger partial charge in [0.15, 0.2) is 5.78 Å². The lowest BCUT2D eigenvalue weighted by molar-refractivity contribution is -0.193. The molecule has 0 bridgehead atoms. The number of carbonyl (C=O) groups excluding carboxylic acids is 2. The molecule has 0 spiro atoms. The van der Waals surface area contributed by atoms with Crippen LogP contribution in [0.1, 0.15) is 181 Å². The van der Waals surface area contributed by atoms with Crippen molar-refractivity contribution in [2.45, 2.75) is 188 Å². The van der Waals surface area contributed by atoms with Gasteiger partial charge in [-0.2, -0.15) is 0 Å². The highest BCUT2D eigenvalue weighted by molar-refractivity contribution is 5.79. The van der Waals surface area contributed by atoms with Crippen molar-refractivity contribution in [2.75, 3.05) is 33.0 Å². The third-order valence-corrected chi connectivity index (χ3v) is 7.71. The third kappa shape index (κ3) is 31.9. The Bertz CT molecular complexity index is 567. The Morgan fingerprint density at radius 1 is 0.476 bits per heavy atom. The summed E-state index contributed by atoms with van der Waals surface area (Å²) in [7, 11) is 0. The predicted molar refractivity (Wildman–Crippen MR) is 175 cm³/mol. The second-order valence-electron chi connectivity index (χ2n) is 12.0. The molecule has 0 heterocycles. The van der Waals surface area contributed by atoms with Crippen molar-refractivity contribution in [3.63, 3.8) is 0 Å². The summed E-state index contributed by atoms with van der Waals surface area (Å²) in [6.07, 6.45) is 28.5. The van der Waals surface area contributed by atoms with Crippen molar-refractivity contribution in [3.05, 3.63) is 0 Å². The lowest BCUT2D eigenvalue weighted by Crippen LogP contribution is -2.29. The molecule has 0 saturated heterocycles. The van der Waals surface area contributed by atoms with Gasteiger partial charge in [-0.15, -0.1) is 0 Å². The summed E-state index contributed by atoms with van der Waals surface area (Å²) < 4.78 is 22.3. The van der Waals surface area contributed by atoms with Crippen LogP contribution in [0.15, 0.2) is 0 Å². The summed E-state index contributed by atoms with van der Waals surface area (Å²) in [6, 6.07) is 0. The molecular formula is C36H70O6. The minimum absolute atomic E-state index is 0.0379. The maximum absolute atomic E-state index is 12.4. The van der Waals surface area contributed by atoms with Crippen LogP contribution in [-0.4, -0.2) is 51.1 Å². The summed E-state index contributed by atoms with van der Waals surface area (Å²) in [4.78, 5) is 24.8. The van der Waals surface area contributed by atoms with Crippen LogP contribution < -0.4 is 0 Å². The van der Waals surface area contributed by atoms with Gasteiger partial charge in [0, 0.05) is 19.4 Å². The molecule has 0 aliphatic heterocycles. The number of hydrogen-bond acceptors (Lipinski definition) is 6. The summed E-state index contributed by atoms with van der Waals surface area (Å²) in [5.74, 6) is -0.219. The molecule has 1 atom stereocenters. The molecule has 0 radical (unpaired) electrons. The first-order valence-electron chi connectivity index (χ1n) is 18.1. The third-order valence-electron chi connectivity index (χ3n) is 7.71. The first-order valence-corrected chi connectivity index (χ1v) is 18.1. The Morgan fingerprint density at radius 3 is 1.38 bits per heavy atom. The standard InChI is InChI=1S/C36H70O6/c1-4-7-9-11-13-15-17-19-21-23-25-27-34(37)32-41-36(33-40-31-30-39-29-6-3)42-35(38)28-26-24-22-20-18-16-14-12-10-8-5-2/h36H,4-33H2,1-3H3. The maximum atomic E-state index is 12.4. The summed E-state index contributed by atoms with van der Waals surface area (Å²) >= 11 is 0. The van der Waals surface area contributed by atoms with Gasteiger partial charge in [-0.05, 0) is 19.3 Å². The van der Waals surface area contributed by atoms with Crippen molar-refractivity contribution < 1.29 is 28.5 Å². The van der Waals surface area contributed by atoms with Crippen molar-refractivity contribution in [1.82, 2.24) is 0 Å². The van der Waals surface area contributed by atoms with E-state index < -0.39 is 6.29 Å². The summed E-state index contributed by atoms with van der Waals surface area (Å²) in [5.41, 5.74) is 0. The van der Waals surface area contributed by atoms with Crippen LogP contribution >= 0.6 is 0 Å². The largest absolute Gasteiger partial charge is 0.433 e. The number of ketones is 1. The quantitative estimate of drug-likeness (QED) is 0.0410. The molecule has 1 unspecified atom stereocenters. The van der Waals surface area contributed by atoms with Crippen LogP contribution in [0, 0.1) is 0 Å². The van der Waals surface area contributed by atoms with Crippen LogP contribution in [0.25, 0.3) is 0 Å². The molecule has 0 aromatic rings. The Hall–Kier alpha value is -0.980. The van der Waals surface area contributed by atoms with Crippen molar-refractivity contribution in [3.8, 4) is 0 Å². The van der Waals surface area contributed by atoms with E-state index >= 15 is 0 Å². The number of esters is 1. The van der Waals surface area contributed by atoms with Gasteiger partial charge in [0.2, 0.25) is 6.29 Å². The number of ether oxygens (including phenoxy) is 4. The van der Waals surface area contributed by atoms with Gasteiger partial charge in [0.25, 0.3) is 0 Å². The zero-order chi connectivity index (χ0) is 30.8. The fourth-order valence-corrected chi connectivity index (χ4v) is 5.04. The van der Waals surface area contributed by atoms with Gasteiger partial charge in [0.05, 0.1) is 13.2 Å². The number of carbonyl (C=O) groups is 2. The van der Waals surface area contributed by atoms with Crippen molar-refractivity contribution >= 4 is 11.8 Å². The number of unbranched alkanes of at least 4 members (excludes halogenated alkanes) is 20. The monoisotopic (exact) mass is 599 g/mol. The number of rotatable bonds is 35. The maximum Gasteiger partial charge on any atom is 0.308 e. The molecule has 0 aliphatic carbocycles. The molecule has 6 heteroatoms. The zero-order valence-corrected chi connectivity index (χ0v) is 28.2. The SMILES string of the molecule is CCCCCCCCCCCCCC(=O)COC(COCCOCCC)OC(=O)CCCCCCCCCCCCC. The number of Topliss-reactive ketones (excluding diaryl/α,β-unsaturated/α-hetero) is 1. The topological polar surface area (TPSA) is 71.1 Å². The fourth-order valence-electron chi connectivity index (χ4n) is 5.04. The molecule has 0 fully saturated rings. The average Bonchev–Trinajstić information content (AvgIpc) is 2.99. The van der Waals surface area contributed by atoms with Crippen LogP contribution in [-0.2, 0) is 28.5 Å². The van der Waals surface area contributed by atoms with Gasteiger partial charge in [-0.3, -0.25) is 9.59 Å². The Labute approximate surface area is 260 Å². The van der Waals surface area contributed by atoms with Crippen LogP contribution in [0.3, 0.4) is 0 Å². The van der Waals surface area contributed by atoms with Gasteiger partial charge >= 0.3 is 5.97 Å². The van der Waals surface area contributed by atoms with E-state index in [0.717, 1.165) is 38.5 Å². The first kappa shape index (κ1) is 41.0. The van der Waals surface area contributed by atoms with Crippen LogP contribution in [0.4, 0.5) is 0 Å². The number of hydrogen-bond donors (Lipinski definition) is 0. The van der Waals surface area contributed by atoms with Gasteiger partial charge in [-0.25, -0.2) is 0 Å². The molecule has 0 amide bonds. The van der Waals surface area contributed by atoms with E-state index in [1.165, 1.54) is 109 Å². The summed E-state index contributed by atoms with van der Waals surface area (Å²) in [6.45, 7) is 8.25. The highest BCUT2D eigenvalue weighted by Crippen LogP contribution is 2.14. The minimum atomic E-state index is -0.849. The van der Waals surface area contributed by atoms with Crippen molar-refractivity contribution in [1.29, 1.82) is 0 Å². The fraction of sp³-hybridized carbons (Fsp3) is 0.944. The van der Waals surface area contributed by atoms with Crippen LogP contribution in [0.2, 0.25) is 0 Å². The first-order chi connectivity index (χ1) is 20.6. The van der Waals surface area contributed by atoms with Gasteiger partial charge in [0.1, 0.15) is 13.2 Å². The molecule has 0 saturated carbocycles. The van der Waals surface area contributed by atoms with E-state index in [2.05, 4.69) is 20.8 Å². The predicted octanol–water partition coefficient (Wildman–Crippen LogP) is 10.3. The van der Waals surface area contributed by atoms with E-state index in [0.29, 0.717) is 32.7 Å². The van der Waals surface area contributed by atoms with Gasteiger partial charge in [-0.1, -0.05) is 149 Å². The highest BCUT2D eigenvalue weighted by Gasteiger charge is 2.17. The lowest BCUT2D eigenvalue weighted by Gasteiger charge is -2.18. The molecule has 0 rings (SSSR count). The van der Waals surface area contributed by atoms with Crippen molar-refractivity contribution in [2.24, 2.45) is 0 Å².